The number of fused-ring (bicyclic) bond motifs is 1. The maximum atomic E-state index is 9.46. The number of nitrogens with zero attached hydrogens (tertiary/aromatic N) is 4. The van der Waals surface area contributed by atoms with Crippen molar-refractivity contribution >= 4 is 16.7 Å². The van der Waals surface area contributed by atoms with Gasteiger partial charge < -0.3 is 10.1 Å². The number of hydrogen-bond donors (Lipinski definition) is 1. The van der Waals surface area contributed by atoms with E-state index in [-0.39, 0.29) is 0 Å². The fraction of sp³-hybridized carbons (Fsp3) is 0.0909. The van der Waals surface area contributed by atoms with Gasteiger partial charge in [0.15, 0.2) is 5.82 Å². The van der Waals surface area contributed by atoms with Gasteiger partial charge in [0.05, 0.1) is 18.7 Å². The van der Waals surface area contributed by atoms with Crippen LogP contribution in [-0.2, 0) is 0 Å². The molecule has 136 valence electrons. The number of anilines is 1. The number of methoxy groups -OCH3 is 1. The van der Waals surface area contributed by atoms with Crippen LogP contribution in [0.2, 0.25) is 0 Å². The van der Waals surface area contributed by atoms with Crippen molar-refractivity contribution < 1.29 is 4.74 Å². The lowest BCUT2D eigenvalue weighted by atomic mass is 9.98. The quantitative estimate of drug-likeness (QED) is 0.579. The second-order valence-electron chi connectivity index (χ2n) is 6.12. The summed E-state index contributed by atoms with van der Waals surface area (Å²) in [4.78, 5) is 13.5. The van der Waals surface area contributed by atoms with Gasteiger partial charge in [-0.1, -0.05) is 18.2 Å². The van der Waals surface area contributed by atoms with Crippen LogP contribution in [0.15, 0.2) is 60.9 Å². The van der Waals surface area contributed by atoms with Gasteiger partial charge in [0, 0.05) is 30.4 Å². The predicted molar refractivity (Wildman–Crippen MR) is 109 cm³/mol. The Hall–Kier alpha value is -3.98. The van der Waals surface area contributed by atoms with Gasteiger partial charge in [0.1, 0.15) is 17.1 Å². The molecular formula is C22H17N5O. The second-order valence-corrected chi connectivity index (χ2v) is 6.12. The van der Waals surface area contributed by atoms with E-state index in [1.54, 1.807) is 25.6 Å². The van der Waals surface area contributed by atoms with E-state index in [2.05, 4.69) is 21.4 Å². The normalized spacial score (nSPS) is 10.5. The van der Waals surface area contributed by atoms with E-state index in [1.165, 1.54) is 0 Å². The monoisotopic (exact) mass is 367 g/mol. The largest absolute Gasteiger partial charge is 0.494 e. The SMILES string of the molecule is CNc1nc(-c2cccnc2)nc2c(OC)cc(-c3ccccc3C#N)cc12. The van der Waals surface area contributed by atoms with Crippen LogP contribution in [0.3, 0.4) is 0 Å². The van der Waals surface area contributed by atoms with E-state index >= 15 is 0 Å². The highest BCUT2D eigenvalue weighted by Crippen LogP contribution is 2.36. The standard InChI is InChI=1S/C22H17N5O/c1-24-22-18-10-16(17-8-4-3-6-14(17)12-23)11-19(28-2)20(18)26-21(27-22)15-7-5-9-25-13-15/h3-11,13H,1-2H3,(H,24,26,27). The number of ether oxygens (including phenoxy) is 1. The molecule has 0 unspecified atom stereocenters. The lowest BCUT2D eigenvalue weighted by molar-refractivity contribution is 0.419. The van der Waals surface area contributed by atoms with Crippen molar-refractivity contribution in [1.82, 2.24) is 15.0 Å². The zero-order valence-corrected chi connectivity index (χ0v) is 15.5. The summed E-state index contributed by atoms with van der Waals surface area (Å²) in [5, 5.41) is 13.4. The van der Waals surface area contributed by atoms with Gasteiger partial charge in [-0.25, -0.2) is 9.97 Å². The number of pyridine rings is 1. The van der Waals surface area contributed by atoms with Crippen molar-refractivity contribution in [3.8, 4) is 34.3 Å². The zero-order chi connectivity index (χ0) is 19.5. The highest BCUT2D eigenvalue weighted by atomic mass is 16.5. The second kappa shape index (κ2) is 7.33. The summed E-state index contributed by atoms with van der Waals surface area (Å²) in [7, 11) is 3.43. The van der Waals surface area contributed by atoms with Crippen molar-refractivity contribution in [1.29, 1.82) is 5.26 Å². The molecule has 0 atom stereocenters. The maximum Gasteiger partial charge on any atom is 0.163 e. The average Bonchev–Trinajstić information content (AvgIpc) is 2.78. The van der Waals surface area contributed by atoms with Crippen molar-refractivity contribution in [3.63, 3.8) is 0 Å². The fourth-order valence-corrected chi connectivity index (χ4v) is 3.16. The Morgan fingerprint density at radius 2 is 1.89 bits per heavy atom. The van der Waals surface area contributed by atoms with Crippen LogP contribution < -0.4 is 10.1 Å². The molecule has 2 aromatic heterocycles. The lowest BCUT2D eigenvalue weighted by Crippen LogP contribution is -2.01. The summed E-state index contributed by atoms with van der Waals surface area (Å²) in [6, 6.07) is 17.4. The zero-order valence-electron chi connectivity index (χ0n) is 15.5. The third kappa shape index (κ3) is 2.99. The minimum absolute atomic E-state index is 0.563. The minimum atomic E-state index is 0.563. The molecule has 0 amide bonds. The maximum absolute atomic E-state index is 9.46. The molecule has 0 saturated carbocycles. The topological polar surface area (TPSA) is 83.7 Å². The molecule has 28 heavy (non-hydrogen) atoms. The van der Waals surface area contributed by atoms with Crippen LogP contribution in [0.25, 0.3) is 33.4 Å². The van der Waals surface area contributed by atoms with Crippen LogP contribution in [0.1, 0.15) is 5.56 Å². The molecule has 0 aliphatic carbocycles. The van der Waals surface area contributed by atoms with Crippen LogP contribution in [-0.4, -0.2) is 29.1 Å². The summed E-state index contributed by atoms with van der Waals surface area (Å²) in [6.45, 7) is 0. The van der Waals surface area contributed by atoms with Gasteiger partial charge in [-0.3, -0.25) is 4.98 Å². The highest BCUT2D eigenvalue weighted by molar-refractivity contribution is 5.98. The molecule has 0 bridgehead atoms. The first-order valence-corrected chi connectivity index (χ1v) is 8.72. The Balaban J connectivity index is 2.00. The van der Waals surface area contributed by atoms with Crippen LogP contribution in [0.4, 0.5) is 5.82 Å². The molecule has 6 heteroatoms. The first-order chi connectivity index (χ1) is 13.7. The molecular weight excluding hydrogens is 350 g/mol. The van der Waals surface area contributed by atoms with Crippen molar-refractivity contribution in [2.45, 2.75) is 0 Å². The summed E-state index contributed by atoms with van der Waals surface area (Å²) in [6.07, 6.45) is 3.44. The van der Waals surface area contributed by atoms with Crippen molar-refractivity contribution in [2.75, 3.05) is 19.5 Å². The van der Waals surface area contributed by atoms with Gasteiger partial charge in [0.2, 0.25) is 0 Å². The molecule has 0 aliphatic heterocycles. The molecule has 0 spiro atoms. The number of nitriles is 1. The first kappa shape index (κ1) is 17.4. The Labute approximate surface area is 162 Å². The molecule has 0 saturated heterocycles. The van der Waals surface area contributed by atoms with E-state index < -0.39 is 0 Å². The molecule has 0 radical (unpaired) electrons. The van der Waals surface area contributed by atoms with Gasteiger partial charge in [-0.05, 0) is 41.5 Å². The Morgan fingerprint density at radius 1 is 1.04 bits per heavy atom. The summed E-state index contributed by atoms with van der Waals surface area (Å²) >= 11 is 0. The smallest absolute Gasteiger partial charge is 0.163 e. The minimum Gasteiger partial charge on any atom is -0.494 e. The van der Waals surface area contributed by atoms with E-state index in [0.29, 0.717) is 28.5 Å². The number of nitrogens with one attached hydrogen (secondary N) is 1. The molecule has 0 aliphatic rings. The van der Waals surface area contributed by atoms with E-state index in [1.807, 2.05) is 49.5 Å². The highest BCUT2D eigenvalue weighted by Gasteiger charge is 2.16. The molecule has 2 heterocycles. The van der Waals surface area contributed by atoms with Crippen LogP contribution >= 0.6 is 0 Å². The lowest BCUT2D eigenvalue weighted by Gasteiger charge is -2.14. The predicted octanol–water partition coefficient (Wildman–Crippen LogP) is 4.28. The van der Waals surface area contributed by atoms with E-state index in [9.17, 15) is 5.26 Å². The summed E-state index contributed by atoms with van der Waals surface area (Å²) in [5.74, 6) is 1.86. The van der Waals surface area contributed by atoms with Gasteiger partial charge >= 0.3 is 0 Å². The number of benzene rings is 2. The van der Waals surface area contributed by atoms with E-state index in [0.717, 1.165) is 22.1 Å². The molecule has 2 aromatic carbocycles. The number of hydrogen-bond acceptors (Lipinski definition) is 6. The van der Waals surface area contributed by atoms with Crippen molar-refractivity contribution in [2.24, 2.45) is 0 Å². The first-order valence-electron chi connectivity index (χ1n) is 8.72. The third-order valence-corrected chi connectivity index (χ3v) is 4.50. The Kier molecular flexibility index (Phi) is 4.56. The molecule has 4 aromatic rings. The fourth-order valence-electron chi connectivity index (χ4n) is 3.16. The molecule has 6 nitrogen and oxygen atoms in total. The van der Waals surface area contributed by atoms with Crippen molar-refractivity contribution in [3.05, 3.63) is 66.5 Å². The van der Waals surface area contributed by atoms with Gasteiger partial charge in [-0.15, -0.1) is 0 Å². The third-order valence-electron chi connectivity index (χ3n) is 4.50. The van der Waals surface area contributed by atoms with Crippen LogP contribution in [0.5, 0.6) is 5.75 Å². The number of rotatable bonds is 4. The Morgan fingerprint density at radius 3 is 2.61 bits per heavy atom. The summed E-state index contributed by atoms with van der Waals surface area (Å²) < 4.78 is 5.64. The van der Waals surface area contributed by atoms with Gasteiger partial charge in [-0.2, -0.15) is 5.26 Å². The Bertz CT molecular complexity index is 1200. The number of aromatic nitrogens is 3. The van der Waals surface area contributed by atoms with Gasteiger partial charge in [0.25, 0.3) is 0 Å². The molecule has 4 rings (SSSR count). The molecule has 1 N–H and O–H groups in total. The van der Waals surface area contributed by atoms with Crippen LogP contribution in [0, 0.1) is 11.3 Å². The summed E-state index contributed by atoms with van der Waals surface area (Å²) in [5.41, 5.74) is 3.82. The average molecular weight is 367 g/mol. The van der Waals surface area contributed by atoms with E-state index in [4.69, 9.17) is 9.72 Å². The molecule has 0 fully saturated rings.